The van der Waals surface area contributed by atoms with E-state index in [0.717, 1.165) is 0 Å². The molecule has 9 heavy (non-hydrogen) atoms. The Bertz CT molecular complexity index is 114. The second kappa shape index (κ2) is 2.08. The Balaban J connectivity index is 2.19. The number of rotatable bonds is 2. The van der Waals surface area contributed by atoms with E-state index in [1.165, 1.54) is 0 Å². The molecule has 0 unspecified atom stereocenters. The van der Waals surface area contributed by atoms with Gasteiger partial charge in [-0.25, -0.2) is 0 Å². The fraction of sp³-hybridized carbons (Fsp3) is 0.833. The van der Waals surface area contributed by atoms with Crippen molar-refractivity contribution in [1.82, 2.24) is 4.90 Å². The molecule has 0 bridgehead atoms. The van der Waals surface area contributed by atoms with Crippen LogP contribution in [-0.4, -0.2) is 41.5 Å². The Morgan fingerprint density at radius 1 is 1.78 bits per heavy atom. The molecule has 0 atom stereocenters. The van der Waals surface area contributed by atoms with Crippen molar-refractivity contribution in [3.63, 3.8) is 0 Å². The number of likely N-dealkylation sites (tertiary alicyclic amines) is 1. The molecule has 3 nitrogen and oxygen atoms in total. The Morgan fingerprint density at radius 3 is 2.67 bits per heavy atom. The van der Waals surface area contributed by atoms with Crippen molar-refractivity contribution in [1.29, 1.82) is 0 Å². The summed E-state index contributed by atoms with van der Waals surface area (Å²) in [5.41, 5.74) is -0.559. The molecule has 1 fully saturated rings. The second-order valence-electron chi connectivity index (χ2n) is 2.79. The summed E-state index contributed by atoms with van der Waals surface area (Å²) in [4.78, 5) is 11.6. The molecule has 0 saturated carbocycles. The summed E-state index contributed by atoms with van der Waals surface area (Å²) in [5.74, 6) is 0. The van der Waals surface area contributed by atoms with Crippen molar-refractivity contribution in [3.8, 4) is 0 Å². The molecule has 3 heteroatoms. The molecule has 1 aliphatic rings. The lowest BCUT2D eigenvalue weighted by Crippen LogP contribution is -2.60. The van der Waals surface area contributed by atoms with Gasteiger partial charge in [0.1, 0.15) is 0 Å². The summed E-state index contributed by atoms with van der Waals surface area (Å²) in [5, 5.41) is 9.14. The van der Waals surface area contributed by atoms with Crippen LogP contribution in [0.1, 0.15) is 6.92 Å². The molecule has 1 N–H and O–H groups in total. The quantitative estimate of drug-likeness (QED) is 0.527. The number of carbonyl (C=O) groups excluding carboxylic acids is 1. The van der Waals surface area contributed by atoms with Crippen molar-refractivity contribution in [2.45, 2.75) is 12.5 Å². The largest absolute Gasteiger partial charge is 0.388 e. The fourth-order valence-electron chi connectivity index (χ4n) is 1.12. The summed E-state index contributed by atoms with van der Waals surface area (Å²) in [6.45, 7) is 3.29. The van der Waals surface area contributed by atoms with Gasteiger partial charge in [0.25, 0.3) is 0 Å². The molecule has 0 aromatic rings. The Morgan fingerprint density at radius 2 is 2.33 bits per heavy atom. The van der Waals surface area contributed by atoms with E-state index in [-0.39, 0.29) is 0 Å². The third kappa shape index (κ3) is 1.50. The maximum absolute atomic E-state index is 9.77. The second-order valence-corrected chi connectivity index (χ2v) is 2.79. The van der Waals surface area contributed by atoms with Crippen LogP contribution in [0.4, 0.5) is 0 Å². The highest BCUT2D eigenvalue weighted by molar-refractivity contribution is 5.53. The van der Waals surface area contributed by atoms with E-state index in [4.69, 9.17) is 5.11 Å². The molecule has 1 heterocycles. The Kier molecular flexibility index (Phi) is 1.55. The van der Waals surface area contributed by atoms with Crippen molar-refractivity contribution in [2.24, 2.45) is 0 Å². The topological polar surface area (TPSA) is 40.5 Å². The average molecular weight is 128 g/mol. The van der Waals surface area contributed by atoms with Crippen molar-refractivity contribution in [3.05, 3.63) is 0 Å². The van der Waals surface area contributed by atoms with Crippen molar-refractivity contribution in [2.75, 3.05) is 19.6 Å². The molecule has 0 spiro atoms. The predicted molar refractivity (Wildman–Crippen MR) is 32.8 cm³/mol. The van der Waals surface area contributed by atoms with E-state index in [0.29, 0.717) is 19.6 Å². The zero-order valence-corrected chi connectivity index (χ0v) is 5.42. The lowest BCUT2D eigenvalue weighted by molar-refractivity contribution is -0.0759. The van der Waals surface area contributed by atoms with E-state index in [9.17, 15) is 4.79 Å². The van der Waals surface area contributed by atoms with Gasteiger partial charge in [0, 0.05) is 13.1 Å². The molecular formula is C6H10NO2. The van der Waals surface area contributed by atoms with Crippen LogP contribution >= 0.6 is 0 Å². The van der Waals surface area contributed by atoms with Crippen LogP contribution in [0.15, 0.2) is 0 Å². The van der Waals surface area contributed by atoms with Gasteiger partial charge in [0.15, 0.2) is 0 Å². The molecular weight excluding hydrogens is 118 g/mol. The van der Waals surface area contributed by atoms with Gasteiger partial charge >= 0.3 is 0 Å². The zero-order chi connectivity index (χ0) is 6.91. The average Bonchev–Trinajstić information content (AvgIpc) is 1.62. The fourth-order valence-corrected chi connectivity index (χ4v) is 1.12. The van der Waals surface area contributed by atoms with Crippen LogP contribution in [0.25, 0.3) is 0 Å². The smallest absolute Gasteiger partial charge is 0.213 e. The molecule has 1 rings (SSSR count). The van der Waals surface area contributed by atoms with Gasteiger partial charge < -0.3 is 5.11 Å². The van der Waals surface area contributed by atoms with Gasteiger partial charge in [-0.2, -0.15) is 0 Å². The Labute approximate surface area is 54.3 Å². The molecule has 0 aromatic heterocycles. The monoisotopic (exact) mass is 128 g/mol. The van der Waals surface area contributed by atoms with Gasteiger partial charge in [0.2, 0.25) is 6.29 Å². The van der Waals surface area contributed by atoms with Gasteiger partial charge in [-0.05, 0) is 6.92 Å². The van der Waals surface area contributed by atoms with Crippen LogP contribution in [0.2, 0.25) is 0 Å². The first kappa shape index (κ1) is 6.71. The predicted octanol–water partition coefficient (Wildman–Crippen LogP) is -0.837. The summed E-state index contributed by atoms with van der Waals surface area (Å²) in [6, 6.07) is 0. The van der Waals surface area contributed by atoms with Crippen LogP contribution in [-0.2, 0) is 4.79 Å². The van der Waals surface area contributed by atoms with Gasteiger partial charge in [-0.1, -0.05) is 0 Å². The first-order valence-electron chi connectivity index (χ1n) is 2.94. The first-order valence-corrected chi connectivity index (χ1v) is 2.94. The highest BCUT2D eigenvalue weighted by atomic mass is 16.3. The number of hydrogen-bond donors (Lipinski definition) is 1. The minimum Gasteiger partial charge on any atom is -0.388 e. The van der Waals surface area contributed by atoms with Crippen LogP contribution in [0.5, 0.6) is 0 Å². The first-order chi connectivity index (χ1) is 4.14. The number of β-amino-alcohol motifs (C(OH)–C–C–N with tert-alkyl or cyclic N) is 1. The van der Waals surface area contributed by atoms with Crippen LogP contribution in [0, 0.1) is 0 Å². The SMILES string of the molecule is CC1(O)CN(C[C]=O)C1. The van der Waals surface area contributed by atoms with Crippen molar-refractivity contribution < 1.29 is 9.90 Å². The summed E-state index contributed by atoms with van der Waals surface area (Å²) in [7, 11) is 0. The number of nitrogens with zero attached hydrogens (tertiary/aromatic N) is 1. The highest BCUT2D eigenvalue weighted by Crippen LogP contribution is 2.17. The van der Waals surface area contributed by atoms with Crippen LogP contribution < -0.4 is 0 Å². The number of hydrogen-bond acceptors (Lipinski definition) is 3. The molecule has 0 aliphatic carbocycles. The van der Waals surface area contributed by atoms with Gasteiger partial charge in [0.05, 0.1) is 12.1 Å². The van der Waals surface area contributed by atoms with E-state index < -0.39 is 5.60 Å². The molecule has 0 amide bonds. The van der Waals surface area contributed by atoms with Crippen LogP contribution in [0.3, 0.4) is 0 Å². The summed E-state index contributed by atoms with van der Waals surface area (Å²) in [6.07, 6.45) is 1.77. The van der Waals surface area contributed by atoms with E-state index in [2.05, 4.69) is 0 Å². The molecule has 0 aromatic carbocycles. The summed E-state index contributed by atoms with van der Waals surface area (Å²) >= 11 is 0. The third-order valence-corrected chi connectivity index (χ3v) is 1.42. The normalized spacial score (nSPS) is 25.1. The summed E-state index contributed by atoms with van der Waals surface area (Å²) < 4.78 is 0. The zero-order valence-electron chi connectivity index (χ0n) is 5.42. The standard InChI is InChI=1S/C6H10NO2/c1-6(9)4-7(5-6)2-3-8/h9H,2,4-5H2,1H3. The molecule has 51 valence electrons. The third-order valence-electron chi connectivity index (χ3n) is 1.42. The maximum atomic E-state index is 9.77. The van der Waals surface area contributed by atoms with Gasteiger partial charge in [-0.15, -0.1) is 0 Å². The van der Waals surface area contributed by atoms with Crippen molar-refractivity contribution >= 4 is 6.29 Å². The Hall–Kier alpha value is -0.410. The van der Waals surface area contributed by atoms with E-state index >= 15 is 0 Å². The lowest BCUT2D eigenvalue weighted by atomic mass is 9.97. The van der Waals surface area contributed by atoms with Gasteiger partial charge in [-0.3, -0.25) is 9.69 Å². The van der Waals surface area contributed by atoms with E-state index in [1.54, 1.807) is 13.2 Å². The minimum atomic E-state index is -0.559. The molecule has 1 radical (unpaired) electrons. The highest BCUT2D eigenvalue weighted by Gasteiger charge is 2.35. The minimum absolute atomic E-state index is 0.330. The maximum Gasteiger partial charge on any atom is 0.213 e. The molecule has 1 aliphatic heterocycles. The number of aliphatic hydroxyl groups is 1. The molecule has 1 saturated heterocycles. The lowest BCUT2D eigenvalue weighted by Gasteiger charge is -2.42. The van der Waals surface area contributed by atoms with E-state index in [1.807, 2.05) is 4.90 Å².